The minimum Gasteiger partial charge on any atom is -0.381 e. The molecule has 5 nitrogen and oxygen atoms in total. The Kier molecular flexibility index (Phi) is 5.33. The highest BCUT2D eigenvalue weighted by Crippen LogP contribution is 2.25. The van der Waals surface area contributed by atoms with Crippen molar-refractivity contribution in [3.8, 4) is 0 Å². The molecule has 1 saturated heterocycles. The first-order valence-electron chi connectivity index (χ1n) is 9.60. The van der Waals surface area contributed by atoms with Crippen molar-refractivity contribution in [2.45, 2.75) is 30.3 Å². The van der Waals surface area contributed by atoms with Gasteiger partial charge in [0.1, 0.15) is 0 Å². The van der Waals surface area contributed by atoms with Crippen LogP contribution in [0.3, 0.4) is 0 Å². The number of anilines is 1. The van der Waals surface area contributed by atoms with Gasteiger partial charge in [-0.25, -0.2) is 8.42 Å². The molecule has 0 aliphatic carbocycles. The van der Waals surface area contributed by atoms with E-state index in [2.05, 4.69) is 39.5 Å². The van der Waals surface area contributed by atoms with Crippen molar-refractivity contribution in [1.82, 2.24) is 9.88 Å². The number of nitrogens with one attached hydrogen (secondary N) is 1. The number of piperidine rings is 1. The zero-order valence-corrected chi connectivity index (χ0v) is 16.8. The first-order valence-corrected chi connectivity index (χ1v) is 11.5. The smallest absolute Gasteiger partial charge is 0.175 e. The van der Waals surface area contributed by atoms with Crippen LogP contribution in [0.15, 0.2) is 65.8 Å². The summed E-state index contributed by atoms with van der Waals surface area (Å²) in [4.78, 5) is 7.02. The number of likely N-dealkylation sites (tertiary alicyclic amines) is 1. The van der Waals surface area contributed by atoms with Gasteiger partial charge < -0.3 is 5.32 Å². The minimum absolute atomic E-state index is 0. The third-order valence-corrected chi connectivity index (χ3v) is 6.43. The second kappa shape index (κ2) is 7.89. The fourth-order valence-corrected chi connectivity index (χ4v) is 4.52. The first kappa shape index (κ1) is 18.9. The maximum atomic E-state index is 11.6. The highest BCUT2D eigenvalue weighted by Gasteiger charge is 2.20. The molecule has 1 atom stereocenters. The average molecular weight is 398 g/mol. The zero-order valence-electron chi connectivity index (χ0n) is 16.0. The Labute approximate surface area is 167 Å². The molecule has 1 N–H and O–H groups in total. The lowest BCUT2D eigenvalue weighted by molar-refractivity contribution is 0.208. The SMILES string of the molecule is CS(=O)(=O)c1ccc(CN2CCCC(Nc3cccc4cnccc34)C2)cc1.[HH]. The van der Waals surface area contributed by atoms with Crippen molar-refractivity contribution in [3.63, 3.8) is 0 Å². The number of nitrogens with zero attached hydrogens (tertiary/aromatic N) is 2. The van der Waals surface area contributed by atoms with Crippen LogP contribution in [0.5, 0.6) is 0 Å². The zero-order chi connectivity index (χ0) is 19.6. The monoisotopic (exact) mass is 397 g/mol. The maximum Gasteiger partial charge on any atom is 0.175 e. The van der Waals surface area contributed by atoms with Gasteiger partial charge in [0, 0.05) is 55.7 Å². The molecule has 148 valence electrons. The summed E-state index contributed by atoms with van der Waals surface area (Å²) in [7, 11) is -3.14. The number of sulfone groups is 1. The molecular formula is C22H27N3O2S. The highest BCUT2D eigenvalue weighted by molar-refractivity contribution is 7.90. The van der Waals surface area contributed by atoms with Gasteiger partial charge in [-0.15, -0.1) is 0 Å². The second-order valence-corrected chi connectivity index (χ2v) is 9.55. The van der Waals surface area contributed by atoms with Gasteiger partial charge >= 0.3 is 0 Å². The molecule has 0 amide bonds. The predicted octanol–water partition coefficient (Wildman–Crippen LogP) is 3.96. The summed E-state index contributed by atoms with van der Waals surface area (Å²) in [6, 6.07) is 16.0. The highest BCUT2D eigenvalue weighted by atomic mass is 32.2. The van der Waals surface area contributed by atoms with Gasteiger partial charge in [-0.3, -0.25) is 9.88 Å². The van der Waals surface area contributed by atoms with E-state index in [1.54, 1.807) is 12.1 Å². The van der Waals surface area contributed by atoms with E-state index in [1.165, 1.54) is 11.6 Å². The fourth-order valence-electron chi connectivity index (χ4n) is 3.89. The van der Waals surface area contributed by atoms with E-state index in [9.17, 15) is 8.42 Å². The molecule has 1 aromatic heterocycles. The molecule has 1 aliphatic rings. The Morgan fingerprint density at radius 1 is 1.18 bits per heavy atom. The van der Waals surface area contributed by atoms with Crippen molar-refractivity contribution >= 4 is 26.3 Å². The third-order valence-electron chi connectivity index (χ3n) is 5.30. The fraction of sp³-hybridized carbons (Fsp3) is 0.318. The topological polar surface area (TPSA) is 62.3 Å². The Morgan fingerprint density at radius 2 is 2.00 bits per heavy atom. The molecule has 28 heavy (non-hydrogen) atoms. The van der Waals surface area contributed by atoms with E-state index in [4.69, 9.17) is 0 Å². The van der Waals surface area contributed by atoms with Crippen LogP contribution in [-0.2, 0) is 16.4 Å². The number of aromatic nitrogens is 1. The Balaban J connectivity index is 0.00000240. The van der Waals surface area contributed by atoms with Crippen LogP contribution in [-0.4, -0.2) is 43.7 Å². The molecule has 1 unspecified atom stereocenters. The largest absolute Gasteiger partial charge is 0.381 e. The molecule has 0 spiro atoms. The second-order valence-electron chi connectivity index (χ2n) is 7.54. The Bertz CT molecular complexity index is 1070. The number of pyridine rings is 1. The van der Waals surface area contributed by atoms with Gasteiger partial charge in [-0.2, -0.15) is 0 Å². The number of benzene rings is 2. The number of rotatable bonds is 5. The van der Waals surface area contributed by atoms with Crippen molar-refractivity contribution in [3.05, 3.63) is 66.5 Å². The lowest BCUT2D eigenvalue weighted by atomic mass is 10.0. The van der Waals surface area contributed by atoms with Crippen LogP contribution < -0.4 is 5.32 Å². The van der Waals surface area contributed by atoms with Gasteiger partial charge in [0.25, 0.3) is 0 Å². The van der Waals surface area contributed by atoms with Crippen molar-refractivity contribution in [2.75, 3.05) is 24.7 Å². The Hall–Kier alpha value is -2.44. The van der Waals surface area contributed by atoms with Gasteiger partial charge in [0.05, 0.1) is 4.90 Å². The van der Waals surface area contributed by atoms with Gasteiger partial charge in [0.15, 0.2) is 9.84 Å². The summed E-state index contributed by atoms with van der Waals surface area (Å²) in [6.07, 6.45) is 7.26. The van der Waals surface area contributed by atoms with Crippen molar-refractivity contribution in [1.29, 1.82) is 0 Å². The first-order chi connectivity index (χ1) is 13.5. The standard InChI is InChI=1S/C22H25N3O2S.H2/c1-28(26,27)20-9-7-17(8-10-20)15-25-13-3-5-19(16-25)24-22-6-2-4-18-14-23-12-11-21(18)22;/h2,4,6-12,14,19,24H,3,5,13,15-16H2,1H3;1H. The molecule has 1 fully saturated rings. The molecule has 1 aliphatic heterocycles. The summed E-state index contributed by atoms with van der Waals surface area (Å²) in [6.45, 7) is 2.86. The third kappa shape index (κ3) is 4.34. The van der Waals surface area contributed by atoms with Gasteiger partial charge in [-0.05, 0) is 49.2 Å². The molecule has 6 heteroatoms. The summed E-state index contributed by atoms with van der Waals surface area (Å²) in [5, 5.41) is 6.06. The molecule has 0 saturated carbocycles. The number of hydrogen-bond acceptors (Lipinski definition) is 5. The van der Waals surface area contributed by atoms with E-state index in [0.717, 1.165) is 49.1 Å². The van der Waals surface area contributed by atoms with Crippen LogP contribution in [0.2, 0.25) is 0 Å². The number of hydrogen-bond donors (Lipinski definition) is 1. The Morgan fingerprint density at radius 3 is 2.79 bits per heavy atom. The molecule has 2 aromatic carbocycles. The molecular weight excluding hydrogens is 370 g/mol. The summed E-state index contributed by atoms with van der Waals surface area (Å²) in [5.74, 6) is 0. The van der Waals surface area contributed by atoms with Crippen LogP contribution in [0.4, 0.5) is 5.69 Å². The van der Waals surface area contributed by atoms with Crippen molar-refractivity contribution in [2.24, 2.45) is 0 Å². The summed E-state index contributed by atoms with van der Waals surface area (Å²) >= 11 is 0. The minimum atomic E-state index is -3.14. The van der Waals surface area contributed by atoms with Crippen LogP contribution >= 0.6 is 0 Å². The van der Waals surface area contributed by atoms with E-state index >= 15 is 0 Å². The van der Waals surface area contributed by atoms with E-state index < -0.39 is 9.84 Å². The normalized spacial score (nSPS) is 18.2. The van der Waals surface area contributed by atoms with Crippen LogP contribution in [0.25, 0.3) is 10.8 Å². The summed E-state index contributed by atoms with van der Waals surface area (Å²) < 4.78 is 23.2. The molecule has 4 rings (SSSR count). The average Bonchev–Trinajstić information content (AvgIpc) is 2.68. The molecule has 0 radical (unpaired) electrons. The number of fused-ring (bicyclic) bond motifs is 1. The molecule has 3 aromatic rings. The van der Waals surface area contributed by atoms with E-state index in [1.807, 2.05) is 24.5 Å². The molecule has 0 bridgehead atoms. The lowest BCUT2D eigenvalue weighted by Crippen LogP contribution is -2.41. The molecule has 2 heterocycles. The maximum absolute atomic E-state index is 11.6. The summed E-state index contributed by atoms with van der Waals surface area (Å²) in [5.41, 5.74) is 2.30. The quantitative estimate of drug-likeness (QED) is 0.706. The lowest BCUT2D eigenvalue weighted by Gasteiger charge is -2.34. The van der Waals surface area contributed by atoms with Crippen LogP contribution in [0.1, 0.15) is 19.8 Å². The van der Waals surface area contributed by atoms with E-state index in [0.29, 0.717) is 10.9 Å². The van der Waals surface area contributed by atoms with E-state index in [-0.39, 0.29) is 1.43 Å². The van der Waals surface area contributed by atoms with Crippen LogP contribution in [0, 0.1) is 0 Å². The van der Waals surface area contributed by atoms with Gasteiger partial charge in [-0.1, -0.05) is 24.3 Å². The van der Waals surface area contributed by atoms with Crippen molar-refractivity contribution < 1.29 is 9.84 Å². The van der Waals surface area contributed by atoms with Gasteiger partial charge in [0.2, 0.25) is 0 Å². The predicted molar refractivity (Wildman–Crippen MR) is 115 cm³/mol.